The Morgan fingerprint density at radius 1 is 0.968 bits per heavy atom. The van der Waals surface area contributed by atoms with Crippen LogP contribution in [0, 0.1) is 6.92 Å². The molecule has 2 aromatic heterocycles. The molecule has 1 N–H and O–H groups in total. The molecule has 4 aromatic rings. The summed E-state index contributed by atoms with van der Waals surface area (Å²) in [6.07, 6.45) is 1.53. The lowest BCUT2D eigenvalue weighted by Gasteiger charge is -2.13. The zero-order valence-corrected chi connectivity index (χ0v) is 16.6. The maximum Gasteiger partial charge on any atom is 0.262 e. The van der Waals surface area contributed by atoms with Gasteiger partial charge >= 0.3 is 0 Å². The third-order valence-electron chi connectivity index (χ3n) is 5.17. The van der Waals surface area contributed by atoms with Gasteiger partial charge in [0.15, 0.2) is 5.65 Å². The van der Waals surface area contributed by atoms with E-state index in [1.165, 1.54) is 6.20 Å². The molecule has 0 saturated carbocycles. The molecule has 0 aliphatic carbocycles. The van der Waals surface area contributed by atoms with Crippen LogP contribution in [0.25, 0.3) is 16.7 Å². The molecule has 0 atom stereocenters. The van der Waals surface area contributed by atoms with E-state index >= 15 is 0 Å². The van der Waals surface area contributed by atoms with Crippen LogP contribution in [0.4, 0.5) is 5.69 Å². The summed E-state index contributed by atoms with van der Waals surface area (Å²) in [6.45, 7) is 1.50. The first-order chi connectivity index (χ1) is 15.0. The van der Waals surface area contributed by atoms with Crippen LogP contribution in [0.15, 0.2) is 66.9 Å². The number of rotatable bonds is 4. The van der Waals surface area contributed by atoms with E-state index in [4.69, 9.17) is 0 Å². The van der Waals surface area contributed by atoms with Gasteiger partial charge in [0.25, 0.3) is 11.8 Å². The highest BCUT2D eigenvalue weighted by Gasteiger charge is 2.36. The third kappa shape index (κ3) is 3.14. The monoisotopic (exact) mass is 411 g/mol. The molecule has 0 fully saturated rings. The first kappa shape index (κ1) is 18.7. The number of pyridine rings is 1. The van der Waals surface area contributed by atoms with E-state index in [1.807, 2.05) is 37.3 Å². The van der Waals surface area contributed by atoms with Gasteiger partial charge in [-0.15, -0.1) is 0 Å². The summed E-state index contributed by atoms with van der Waals surface area (Å²) in [5, 5.41) is 8.06. The van der Waals surface area contributed by atoms with Crippen molar-refractivity contribution >= 4 is 34.4 Å². The van der Waals surface area contributed by atoms with Gasteiger partial charge in [0.05, 0.1) is 34.4 Å². The Morgan fingerprint density at radius 2 is 1.61 bits per heavy atom. The van der Waals surface area contributed by atoms with Crippen molar-refractivity contribution in [1.29, 1.82) is 0 Å². The number of benzene rings is 2. The molecule has 1 aliphatic rings. The number of carbonyl (C=O) groups excluding carboxylic acids is 3. The van der Waals surface area contributed by atoms with Crippen LogP contribution in [-0.4, -0.2) is 43.9 Å². The van der Waals surface area contributed by atoms with Gasteiger partial charge in [-0.3, -0.25) is 19.3 Å². The second-order valence-corrected chi connectivity index (χ2v) is 7.22. The number of nitrogens with one attached hydrogen (secondary N) is 1. The standard InChI is InChI=1S/C23H17N5O3/c1-14-19-11-15(12-24-21(19)28(26-14)16-7-3-2-4-8-16)25-20(29)13-27-22(30)17-9-5-6-10-18(17)23(27)31/h2-12H,13H2,1H3,(H,25,29). The van der Waals surface area contributed by atoms with Crippen LogP contribution in [0.5, 0.6) is 0 Å². The Kier molecular flexibility index (Phi) is 4.32. The van der Waals surface area contributed by atoms with Crippen molar-refractivity contribution in [2.75, 3.05) is 11.9 Å². The van der Waals surface area contributed by atoms with E-state index < -0.39 is 17.7 Å². The van der Waals surface area contributed by atoms with Crippen LogP contribution in [0.3, 0.4) is 0 Å². The van der Waals surface area contributed by atoms with Crippen molar-refractivity contribution in [3.05, 3.63) is 83.7 Å². The highest BCUT2D eigenvalue weighted by Crippen LogP contribution is 2.24. The number of aromatic nitrogens is 3. The molecule has 152 valence electrons. The summed E-state index contributed by atoms with van der Waals surface area (Å²) in [6, 6.07) is 18.0. The first-order valence-corrected chi connectivity index (χ1v) is 9.69. The Hall–Kier alpha value is -4.33. The van der Waals surface area contributed by atoms with Gasteiger partial charge in [-0.25, -0.2) is 9.67 Å². The number of hydrogen-bond acceptors (Lipinski definition) is 5. The lowest BCUT2D eigenvalue weighted by molar-refractivity contribution is -0.116. The summed E-state index contributed by atoms with van der Waals surface area (Å²) in [5.41, 5.74) is 3.41. The van der Waals surface area contributed by atoms with Crippen molar-refractivity contribution in [3.63, 3.8) is 0 Å². The van der Waals surface area contributed by atoms with Gasteiger partial charge < -0.3 is 5.32 Å². The number of carbonyl (C=O) groups is 3. The molecule has 0 spiro atoms. The van der Waals surface area contributed by atoms with E-state index in [1.54, 1.807) is 35.0 Å². The predicted molar refractivity (Wildman–Crippen MR) is 114 cm³/mol. The molecule has 3 heterocycles. The molecule has 1 aliphatic heterocycles. The Labute approximate surface area is 177 Å². The van der Waals surface area contributed by atoms with Gasteiger partial charge in [0.1, 0.15) is 6.54 Å². The second kappa shape index (κ2) is 7.17. The van der Waals surface area contributed by atoms with Crippen molar-refractivity contribution in [1.82, 2.24) is 19.7 Å². The number of imide groups is 1. The largest absolute Gasteiger partial charge is 0.323 e. The van der Waals surface area contributed by atoms with Crippen LogP contribution in [-0.2, 0) is 4.79 Å². The van der Waals surface area contributed by atoms with Crippen LogP contribution in [0.1, 0.15) is 26.4 Å². The Bertz CT molecular complexity index is 1330. The van der Waals surface area contributed by atoms with Crippen LogP contribution in [0.2, 0.25) is 0 Å². The highest BCUT2D eigenvalue weighted by atomic mass is 16.2. The van der Waals surface area contributed by atoms with Crippen LogP contribution < -0.4 is 5.32 Å². The molecule has 0 radical (unpaired) electrons. The number of nitrogens with zero attached hydrogens (tertiary/aromatic N) is 4. The highest BCUT2D eigenvalue weighted by molar-refractivity contribution is 6.22. The van der Waals surface area contributed by atoms with Crippen molar-refractivity contribution in [2.24, 2.45) is 0 Å². The minimum absolute atomic E-state index is 0.312. The maximum absolute atomic E-state index is 12.6. The molecule has 3 amide bonds. The quantitative estimate of drug-likeness (QED) is 0.521. The fourth-order valence-electron chi connectivity index (χ4n) is 3.69. The van der Waals surface area contributed by atoms with E-state index in [0.717, 1.165) is 21.7 Å². The van der Waals surface area contributed by atoms with Crippen LogP contribution >= 0.6 is 0 Å². The van der Waals surface area contributed by atoms with Crippen molar-refractivity contribution < 1.29 is 14.4 Å². The Balaban J connectivity index is 1.37. The number of para-hydroxylation sites is 1. The normalized spacial score (nSPS) is 13.0. The molecule has 2 aromatic carbocycles. The van der Waals surface area contributed by atoms with E-state index in [-0.39, 0.29) is 6.54 Å². The number of hydrogen-bond donors (Lipinski definition) is 1. The molecule has 31 heavy (non-hydrogen) atoms. The topological polar surface area (TPSA) is 97.2 Å². The van der Waals surface area contributed by atoms with Gasteiger partial charge in [-0.05, 0) is 37.3 Å². The molecule has 8 nitrogen and oxygen atoms in total. The predicted octanol–water partition coefficient (Wildman–Crippen LogP) is 2.96. The Morgan fingerprint density at radius 3 is 2.29 bits per heavy atom. The average Bonchev–Trinajstić information content (AvgIpc) is 3.24. The fourth-order valence-corrected chi connectivity index (χ4v) is 3.69. The lowest BCUT2D eigenvalue weighted by Crippen LogP contribution is -2.37. The maximum atomic E-state index is 12.6. The molecular formula is C23H17N5O3. The van der Waals surface area contributed by atoms with Gasteiger partial charge in [0, 0.05) is 5.39 Å². The molecule has 0 unspecified atom stereocenters. The molecule has 0 saturated heterocycles. The van der Waals surface area contributed by atoms with Gasteiger partial charge in [0.2, 0.25) is 5.91 Å². The number of amides is 3. The minimum Gasteiger partial charge on any atom is -0.323 e. The fraction of sp³-hybridized carbons (Fsp3) is 0.0870. The smallest absolute Gasteiger partial charge is 0.262 e. The molecule has 5 rings (SSSR count). The summed E-state index contributed by atoms with van der Waals surface area (Å²) in [4.78, 5) is 42.9. The molecular weight excluding hydrogens is 394 g/mol. The van der Waals surface area contributed by atoms with Crippen molar-refractivity contribution in [2.45, 2.75) is 6.92 Å². The van der Waals surface area contributed by atoms with E-state index in [9.17, 15) is 14.4 Å². The summed E-state index contributed by atoms with van der Waals surface area (Å²) in [5.74, 6) is -1.42. The van der Waals surface area contributed by atoms with Gasteiger partial charge in [-0.1, -0.05) is 30.3 Å². The number of aryl methyl sites for hydroxylation is 1. The van der Waals surface area contributed by atoms with Crippen molar-refractivity contribution in [3.8, 4) is 5.69 Å². The van der Waals surface area contributed by atoms with E-state index in [0.29, 0.717) is 22.5 Å². The summed E-state index contributed by atoms with van der Waals surface area (Å²) >= 11 is 0. The second-order valence-electron chi connectivity index (χ2n) is 7.22. The van der Waals surface area contributed by atoms with E-state index in [2.05, 4.69) is 15.4 Å². The SMILES string of the molecule is Cc1nn(-c2ccccc2)c2ncc(NC(=O)CN3C(=O)c4ccccc4C3=O)cc12. The summed E-state index contributed by atoms with van der Waals surface area (Å²) < 4.78 is 1.75. The third-order valence-corrected chi connectivity index (χ3v) is 5.17. The van der Waals surface area contributed by atoms with Gasteiger partial charge in [-0.2, -0.15) is 5.10 Å². The number of fused-ring (bicyclic) bond motifs is 2. The lowest BCUT2D eigenvalue weighted by atomic mass is 10.1. The molecule has 8 heteroatoms. The summed E-state index contributed by atoms with van der Waals surface area (Å²) in [7, 11) is 0. The minimum atomic E-state index is -0.483. The zero-order valence-electron chi connectivity index (χ0n) is 16.6. The number of anilines is 1. The zero-order chi connectivity index (χ0) is 21.5. The average molecular weight is 411 g/mol. The first-order valence-electron chi connectivity index (χ1n) is 9.69. The molecule has 0 bridgehead atoms.